The topological polar surface area (TPSA) is 123 Å². The Kier molecular flexibility index (Phi) is 6.46. The van der Waals surface area contributed by atoms with E-state index in [-0.39, 0.29) is 30.5 Å². The summed E-state index contributed by atoms with van der Waals surface area (Å²) in [5.74, 6) is 0.861. The molecule has 1 aromatic heterocycles. The number of rotatable bonds is 9. The van der Waals surface area contributed by atoms with Crippen LogP contribution in [0.15, 0.2) is 22.7 Å². The number of nitro groups is 1. The monoisotopic (exact) mass is 441 g/mol. The van der Waals surface area contributed by atoms with E-state index in [0.29, 0.717) is 23.7 Å². The van der Waals surface area contributed by atoms with Gasteiger partial charge < -0.3 is 15.2 Å². The molecule has 1 unspecified atom stereocenters. The third-order valence-electron chi connectivity index (χ3n) is 4.84. The number of halogens is 3. The van der Waals surface area contributed by atoms with Gasteiger partial charge in [0.15, 0.2) is 5.82 Å². The van der Waals surface area contributed by atoms with Crippen LogP contribution >= 0.6 is 0 Å². The third kappa shape index (κ3) is 5.70. The fraction of sp³-hybridized carbons (Fsp3) is 0.526. The lowest BCUT2D eigenvalue weighted by molar-refractivity contribution is -0.384. The Morgan fingerprint density at radius 3 is 2.65 bits per heavy atom. The van der Waals surface area contributed by atoms with Crippen LogP contribution in [-0.2, 0) is 11.0 Å². The lowest BCUT2D eigenvalue weighted by Crippen LogP contribution is -2.33. The molecule has 1 aliphatic carbocycles. The maximum Gasteiger partial charge on any atom is 0.416 e. The maximum absolute atomic E-state index is 12.8. The predicted molar refractivity (Wildman–Crippen MR) is 103 cm³/mol. The van der Waals surface area contributed by atoms with Crippen molar-refractivity contribution >= 4 is 17.3 Å². The average Bonchev–Trinajstić information content (AvgIpc) is 3.42. The predicted octanol–water partition coefficient (Wildman–Crippen LogP) is 4.19. The van der Waals surface area contributed by atoms with Crippen molar-refractivity contribution in [2.24, 2.45) is 5.92 Å². The van der Waals surface area contributed by atoms with E-state index in [4.69, 9.17) is 4.52 Å². The number of hydrogen-bond donors (Lipinski definition) is 2. The van der Waals surface area contributed by atoms with Gasteiger partial charge in [0.05, 0.1) is 10.5 Å². The van der Waals surface area contributed by atoms with E-state index in [2.05, 4.69) is 20.8 Å². The molecule has 168 valence electrons. The van der Waals surface area contributed by atoms with Crippen LogP contribution in [-0.4, -0.2) is 27.5 Å². The number of anilines is 1. The largest absolute Gasteiger partial charge is 0.416 e. The minimum Gasteiger partial charge on any atom is -0.379 e. The first-order valence-electron chi connectivity index (χ1n) is 9.78. The Labute approximate surface area is 175 Å². The second-order valence-corrected chi connectivity index (χ2v) is 7.72. The summed E-state index contributed by atoms with van der Waals surface area (Å²) in [6, 6.07) is 1.70. The van der Waals surface area contributed by atoms with E-state index in [9.17, 15) is 28.1 Å². The van der Waals surface area contributed by atoms with E-state index < -0.39 is 28.4 Å². The van der Waals surface area contributed by atoms with Gasteiger partial charge in [-0.2, -0.15) is 18.2 Å². The maximum atomic E-state index is 12.8. The molecule has 1 fully saturated rings. The van der Waals surface area contributed by atoms with Crippen LogP contribution in [0.3, 0.4) is 0 Å². The van der Waals surface area contributed by atoms with E-state index in [1.54, 1.807) is 0 Å². The molecule has 1 aromatic carbocycles. The molecule has 1 heterocycles. The Morgan fingerprint density at radius 1 is 1.35 bits per heavy atom. The molecule has 12 heteroatoms. The number of carbonyl (C=O) groups is 1. The molecule has 3 rings (SSSR count). The number of nitro benzene ring substituents is 1. The van der Waals surface area contributed by atoms with E-state index in [0.717, 1.165) is 25.0 Å². The average molecular weight is 441 g/mol. The fourth-order valence-corrected chi connectivity index (χ4v) is 2.96. The highest BCUT2D eigenvalue weighted by molar-refractivity contribution is 5.77. The summed E-state index contributed by atoms with van der Waals surface area (Å²) in [6.07, 6.45) is -2.73. The second-order valence-electron chi connectivity index (χ2n) is 7.72. The van der Waals surface area contributed by atoms with E-state index in [1.807, 2.05) is 13.8 Å². The molecule has 0 bridgehead atoms. The lowest BCUT2D eigenvalue weighted by Gasteiger charge is -2.18. The van der Waals surface area contributed by atoms with Crippen LogP contribution in [0.5, 0.6) is 0 Å². The molecule has 2 aromatic rings. The molecule has 0 spiro atoms. The molecular formula is C19H22F3N5O4. The number of nitrogens with one attached hydrogen (secondary N) is 2. The fourth-order valence-electron chi connectivity index (χ4n) is 2.96. The molecule has 0 saturated heterocycles. The van der Waals surface area contributed by atoms with Crippen LogP contribution in [0.2, 0.25) is 0 Å². The third-order valence-corrected chi connectivity index (χ3v) is 4.84. The summed E-state index contributed by atoms with van der Waals surface area (Å²) in [7, 11) is 0. The molecule has 9 nitrogen and oxygen atoms in total. The number of nitrogens with zero attached hydrogens (tertiary/aromatic N) is 3. The van der Waals surface area contributed by atoms with Gasteiger partial charge in [-0.15, -0.1) is 0 Å². The smallest absolute Gasteiger partial charge is 0.379 e. The molecule has 1 aliphatic rings. The van der Waals surface area contributed by atoms with Crippen molar-refractivity contribution in [3.05, 3.63) is 45.6 Å². The Morgan fingerprint density at radius 2 is 2.06 bits per heavy atom. The van der Waals surface area contributed by atoms with Crippen LogP contribution in [0.1, 0.15) is 62.3 Å². The molecule has 0 aliphatic heterocycles. The lowest BCUT2D eigenvalue weighted by atomic mass is 10.0. The summed E-state index contributed by atoms with van der Waals surface area (Å²) in [4.78, 5) is 26.9. The van der Waals surface area contributed by atoms with Gasteiger partial charge >= 0.3 is 6.18 Å². The van der Waals surface area contributed by atoms with Crippen molar-refractivity contribution in [2.75, 3.05) is 11.9 Å². The second kappa shape index (κ2) is 8.90. The minimum atomic E-state index is -4.69. The number of benzene rings is 1. The first-order chi connectivity index (χ1) is 14.6. The summed E-state index contributed by atoms with van der Waals surface area (Å²) in [5, 5.41) is 20.5. The van der Waals surface area contributed by atoms with Crippen LogP contribution in [0.4, 0.5) is 24.5 Å². The highest BCUT2D eigenvalue weighted by Gasteiger charge is 2.33. The Hall–Kier alpha value is -3.18. The highest BCUT2D eigenvalue weighted by atomic mass is 19.4. The van der Waals surface area contributed by atoms with Gasteiger partial charge in [-0.3, -0.25) is 14.9 Å². The number of alkyl halides is 3. The van der Waals surface area contributed by atoms with Gasteiger partial charge in [-0.25, -0.2) is 0 Å². The van der Waals surface area contributed by atoms with Gasteiger partial charge in [0.1, 0.15) is 11.7 Å². The van der Waals surface area contributed by atoms with Crippen molar-refractivity contribution < 1.29 is 27.4 Å². The SMILES string of the molecule is CC(C)C(NC(=O)CCNc1ccc(C(F)(F)F)cc1[N+](=O)[O-])c1nc(C2CC2)no1. The zero-order valence-corrected chi connectivity index (χ0v) is 16.9. The summed E-state index contributed by atoms with van der Waals surface area (Å²) in [6.45, 7) is 3.76. The van der Waals surface area contributed by atoms with Crippen LogP contribution in [0.25, 0.3) is 0 Å². The Balaban J connectivity index is 1.59. The highest BCUT2D eigenvalue weighted by Crippen LogP contribution is 2.39. The van der Waals surface area contributed by atoms with Crippen LogP contribution < -0.4 is 10.6 Å². The summed E-state index contributed by atoms with van der Waals surface area (Å²) in [5.41, 5.74) is -1.93. The molecule has 0 radical (unpaired) electrons. The quantitative estimate of drug-likeness (QED) is 0.442. The molecule has 31 heavy (non-hydrogen) atoms. The number of carbonyl (C=O) groups excluding carboxylic acids is 1. The first kappa shape index (κ1) is 22.5. The van der Waals surface area contributed by atoms with E-state index in [1.165, 1.54) is 0 Å². The minimum absolute atomic E-state index is 0.0139. The van der Waals surface area contributed by atoms with Gasteiger partial charge in [0.2, 0.25) is 11.8 Å². The van der Waals surface area contributed by atoms with Crippen molar-refractivity contribution in [1.29, 1.82) is 0 Å². The van der Waals surface area contributed by atoms with Gasteiger partial charge in [-0.05, 0) is 30.9 Å². The number of hydrogen-bond acceptors (Lipinski definition) is 7. The zero-order chi connectivity index (χ0) is 22.8. The molecule has 1 amide bonds. The zero-order valence-electron chi connectivity index (χ0n) is 16.9. The molecular weight excluding hydrogens is 419 g/mol. The normalized spacial score (nSPS) is 15.0. The molecule has 1 atom stereocenters. The Bertz CT molecular complexity index is 956. The van der Waals surface area contributed by atoms with Crippen molar-refractivity contribution in [3.8, 4) is 0 Å². The van der Waals surface area contributed by atoms with Crippen molar-refractivity contribution in [2.45, 2.75) is 51.2 Å². The van der Waals surface area contributed by atoms with E-state index >= 15 is 0 Å². The first-order valence-corrected chi connectivity index (χ1v) is 9.78. The van der Waals surface area contributed by atoms with Gasteiger partial charge in [0, 0.05) is 24.9 Å². The summed E-state index contributed by atoms with van der Waals surface area (Å²) < 4.78 is 43.6. The standard InChI is InChI=1S/C19H22F3N5O4/c1-10(2)16(18-25-17(26-31-18)11-3-4-11)24-15(28)7-8-23-13-6-5-12(19(20,21)22)9-14(13)27(29)30/h5-6,9-11,16,23H,3-4,7-8H2,1-2H3,(H,24,28). The van der Waals surface area contributed by atoms with Crippen molar-refractivity contribution in [3.63, 3.8) is 0 Å². The van der Waals surface area contributed by atoms with Crippen LogP contribution in [0, 0.1) is 16.0 Å². The number of aromatic nitrogens is 2. The van der Waals surface area contributed by atoms with Gasteiger partial charge in [0.25, 0.3) is 5.69 Å². The summed E-state index contributed by atoms with van der Waals surface area (Å²) >= 11 is 0. The number of amides is 1. The van der Waals surface area contributed by atoms with Crippen molar-refractivity contribution in [1.82, 2.24) is 15.5 Å². The van der Waals surface area contributed by atoms with Gasteiger partial charge in [-0.1, -0.05) is 19.0 Å². The molecule has 2 N–H and O–H groups in total. The molecule has 1 saturated carbocycles.